The van der Waals surface area contributed by atoms with Crippen molar-refractivity contribution in [3.05, 3.63) is 53.2 Å². The number of benzene rings is 1. The summed E-state index contributed by atoms with van der Waals surface area (Å²) in [6, 6.07) is 8.04. The van der Waals surface area contributed by atoms with E-state index in [9.17, 15) is 4.79 Å². The van der Waals surface area contributed by atoms with Crippen molar-refractivity contribution in [1.29, 1.82) is 0 Å². The summed E-state index contributed by atoms with van der Waals surface area (Å²) >= 11 is 6.22. The lowest BCUT2D eigenvalue weighted by Crippen LogP contribution is -2.40. The van der Waals surface area contributed by atoms with Crippen LogP contribution in [0.3, 0.4) is 0 Å². The number of nitrogens with zero attached hydrogens (tertiary/aromatic N) is 5. The zero-order chi connectivity index (χ0) is 25.3. The first kappa shape index (κ1) is 24.5. The van der Waals surface area contributed by atoms with Gasteiger partial charge in [0.25, 0.3) is 0 Å². The van der Waals surface area contributed by atoms with Crippen LogP contribution in [-0.4, -0.2) is 49.5 Å². The zero-order valence-corrected chi connectivity index (χ0v) is 21.6. The molecule has 1 amide bonds. The van der Waals surface area contributed by atoms with Crippen LogP contribution in [0.4, 0.5) is 16.3 Å². The lowest BCUT2D eigenvalue weighted by atomic mass is 10.1. The molecule has 1 atom stereocenters. The molecule has 0 bridgehead atoms. The molecule has 0 radical (unpaired) electrons. The van der Waals surface area contributed by atoms with E-state index in [4.69, 9.17) is 21.1 Å². The molecule has 9 nitrogen and oxygen atoms in total. The molecule has 4 heterocycles. The number of rotatable bonds is 4. The van der Waals surface area contributed by atoms with Crippen LogP contribution in [-0.2, 0) is 22.4 Å². The SMILES string of the molecule is CC(C)(C)OC(=O)N1CCc2nc(Cl)nc(Nc3ccc(-c4cnn(C5CCCCO5)c4)cc3)c2C1. The van der Waals surface area contributed by atoms with Gasteiger partial charge in [0.15, 0.2) is 0 Å². The second-order valence-corrected chi connectivity index (χ2v) is 10.5. The highest BCUT2D eigenvalue weighted by atomic mass is 35.5. The second kappa shape index (κ2) is 10.1. The quantitative estimate of drug-likeness (QED) is 0.448. The third-order valence-corrected chi connectivity index (χ3v) is 6.39. The van der Waals surface area contributed by atoms with Crippen molar-refractivity contribution < 1.29 is 14.3 Å². The van der Waals surface area contributed by atoms with Crippen molar-refractivity contribution in [2.75, 3.05) is 18.5 Å². The molecule has 0 aliphatic carbocycles. The minimum atomic E-state index is -0.559. The van der Waals surface area contributed by atoms with Crippen LogP contribution in [0.15, 0.2) is 36.7 Å². The maximum Gasteiger partial charge on any atom is 0.410 e. The Morgan fingerprint density at radius 2 is 1.97 bits per heavy atom. The molecule has 1 fully saturated rings. The summed E-state index contributed by atoms with van der Waals surface area (Å²) in [5.74, 6) is 0.591. The normalized spacial score (nSPS) is 18.0. The largest absolute Gasteiger partial charge is 0.444 e. The van der Waals surface area contributed by atoms with Crippen molar-refractivity contribution in [3.63, 3.8) is 0 Å². The summed E-state index contributed by atoms with van der Waals surface area (Å²) in [5, 5.41) is 8.05. The summed E-state index contributed by atoms with van der Waals surface area (Å²) < 4.78 is 13.3. The molecule has 190 valence electrons. The maximum atomic E-state index is 12.6. The van der Waals surface area contributed by atoms with Crippen molar-refractivity contribution in [1.82, 2.24) is 24.6 Å². The Balaban J connectivity index is 1.31. The third-order valence-electron chi connectivity index (χ3n) is 6.22. The number of nitrogens with one attached hydrogen (secondary N) is 1. The van der Waals surface area contributed by atoms with Gasteiger partial charge in [-0.15, -0.1) is 0 Å². The fourth-order valence-corrected chi connectivity index (χ4v) is 4.62. The minimum Gasteiger partial charge on any atom is -0.444 e. The molecule has 2 aliphatic rings. The predicted molar refractivity (Wildman–Crippen MR) is 137 cm³/mol. The number of ether oxygens (including phenoxy) is 2. The number of aromatic nitrogens is 4. The van der Waals surface area contributed by atoms with Gasteiger partial charge in [-0.2, -0.15) is 5.10 Å². The first-order valence-electron chi connectivity index (χ1n) is 12.3. The number of amides is 1. The lowest BCUT2D eigenvalue weighted by Gasteiger charge is -2.31. The molecule has 10 heteroatoms. The van der Waals surface area contributed by atoms with Crippen LogP contribution in [0.5, 0.6) is 0 Å². The van der Waals surface area contributed by atoms with Gasteiger partial charge in [-0.05, 0) is 69.3 Å². The van der Waals surface area contributed by atoms with E-state index in [-0.39, 0.29) is 17.6 Å². The molecule has 3 aromatic rings. The first-order chi connectivity index (χ1) is 17.2. The van der Waals surface area contributed by atoms with E-state index in [0.717, 1.165) is 53.9 Å². The number of anilines is 2. The molecule has 1 saturated heterocycles. The molecular weight excluding hydrogens is 480 g/mol. The Hall–Kier alpha value is -3.17. The Morgan fingerprint density at radius 3 is 2.69 bits per heavy atom. The number of fused-ring (bicyclic) bond motifs is 1. The van der Waals surface area contributed by atoms with Gasteiger partial charge in [-0.25, -0.2) is 19.4 Å². The molecule has 36 heavy (non-hydrogen) atoms. The zero-order valence-electron chi connectivity index (χ0n) is 20.8. The van der Waals surface area contributed by atoms with Crippen molar-refractivity contribution in [2.45, 2.75) is 64.8 Å². The summed E-state index contributed by atoms with van der Waals surface area (Å²) in [6.45, 7) is 7.23. The number of hydrogen-bond donors (Lipinski definition) is 1. The fraction of sp³-hybridized carbons (Fsp3) is 0.462. The topological polar surface area (TPSA) is 94.4 Å². The van der Waals surface area contributed by atoms with Gasteiger partial charge < -0.3 is 19.7 Å². The average molecular weight is 511 g/mol. The minimum absolute atomic E-state index is 0.0161. The van der Waals surface area contributed by atoms with Gasteiger partial charge in [0.05, 0.1) is 18.4 Å². The Bertz CT molecular complexity index is 1230. The monoisotopic (exact) mass is 510 g/mol. The maximum absolute atomic E-state index is 12.6. The van der Waals surface area contributed by atoms with E-state index in [0.29, 0.717) is 25.3 Å². The Labute approximate surface area is 215 Å². The van der Waals surface area contributed by atoms with E-state index >= 15 is 0 Å². The second-order valence-electron chi connectivity index (χ2n) is 10.2. The molecule has 1 aromatic carbocycles. The van der Waals surface area contributed by atoms with Crippen molar-refractivity contribution >= 4 is 29.2 Å². The highest BCUT2D eigenvalue weighted by molar-refractivity contribution is 6.28. The number of halogens is 1. The predicted octanol–water partition coefficient (Wildman–Crippen LogP) is 5.73. The van der Waals surface area contributed by atoms with E-state index in [1.165, 1.54) is 0 Å². The van der Waals surface area contributed by atoms with Crippen LogP contribution in [0.2, 0.25) is 5.28 Å². The molecule has 2 aromatic heterocycles. The highest BCUT2D eigenvalue weighted by Crippen LogP contribution is 2.30. The number of carbonyl (C=O) groups excluding carboxylic acids is 1. The molecule has 1 unspecified atom stereocenters. The summed E-state index contributed by atoms with van der Waals surface area (Å²) in [5.41, 5.74) is 4.07. The van der Waals surface area contributed by atoms with E-state index in [1.807, 2.05) is 62.1 Å². The summed E-state index contributed by atoms with van der Waals surface area (Å²) in [6.07, 6.45) is 7.40. The van der Waals surface area contributed by atoms with E-state index < -0.39 is 5.60 Å². The van der Waals surface area contributed by atoms with Gasteiger partial charge in [-0.1, -0.05) is 12.1 Å². The van der Waals surface area contributed by atoms with E-state index in [2.05, 4.69) is 20.4 Å². The molecule has 1 N–H and O–H groups in total. The molecule has 5 rings (SSSR count). The fourth-order valence-electron chi connectivity index (χ4n) is 4.43. The molecule has 0 saturated carbocycles. The van der Waals surface area contributed by atoms with Gasteiger partial charge >= 0.3 is 6.09 Å². The van der Waals surface area contributed by atoms with Gasteiger partial charge in [0, 0.05) is 42.6 Å². The Morgan fingerprint density at radius 1 is 1.17 bits per heavy atom. The smallest absolute Gasteiger partial charge is 0.410 e. The van der Waals surface area contributed by atoms with Crippen molar-refractivity contribution in [2.24, 2.45) is 0 Å². The Kier molecular flexibility index (Phi) is 6.85. The molecule has 2 aliphatic heterocycles. The summed E-state index contributed by atoms with van der Waals surface area (Å²) in [7, 11) is 0. The standard InChI is InChI=1S/C26H31ClN6O3/c1-26(2,3)36-25(34)32-12-11-21-20(16-32)23(31-24(27)30-21)29-19-9-7-17(8-10-19)18-14-28-33(15-18)22-6-4-5-13-35-22/h7-10,14-15,22H,4-6,11-13,16H2,1-3H3,(H,29,30,31). The molecule has 0 spiro atoms. The third kappa shape index (κ3) is 5.63. The van der Waals surface area contributed by atoms with Crippen LogP contribution in [0.25, 0.3) is 11.1 Å². The molecular formula is C26H31ClN6O3. The lowest BCUT2D eigenvalue weighted by molar-refractivity contribution is -0.0394. The van der Waals surface area contributed by atoms with Gasteiger partial charge in [-0.3, -0.25) is 0 Å². The van der Waals surface area contributed by atoms with E-state index in [1.54, 1.807) is 4.90 Å². The first-order valence-corrected chi connectivity index (χ1v) is 12.7. The van der Waals surface area contributed by atoms with Crippen LogP contribution < -0.4 is 5.32 Å². The van der Waals surface area contributed by atoms with Crippen molar-refractivity contribution in [3.8, 4) is 11.1 Å². The summed E-state index contributed by atoms with van der Waals surface area (Å²) in [4.78, 5) is 23.1. The van der Waals surface area contributed by atoms with Crippen LogP contribution in [0.1, 0.15) is 57.5 Å². The average Bonchev–Trinajstić information content (AvgIpc) is 3.34. The number of carbonyl (C=O) groups is 1. The van der Waals surface area contributed by atoms with Crippen LogP contribution in [0, 0.1) is 0 Å². The number of hydrogen-bond acceptors (Lipinski definition) is 7. The highest BCUT2D eigenvalue weighted by Gasteiger charge is 2.29. The van der Waals surface area contributed by atoms with Crippen LogP contribution >= 0.6 is 11.6 Å². The van der Waals surface area contributed by atoms with Gasteiger partial charge in [0.2, 0.25) is 5.28 Å². The van der Waals surface area contributed by atoms with Gasteiger partial charge in [0.1, 0.15) is 17.6 Å².